The predicted octanol–water partition coefficient (Wildman–Crippen LogP) is 0.373. The number of hydrogen-bond acceptors (Lipinski definition) is 4. The van der Waals surface area contributed by atoms with E-state index in [4.69, 9.17) is 5.11 Å². The van der Waals surface area contributed by atoms with Crippen molar-refractivity contribution in [1.82, 2.24) is 15.2 Å². The molecule has 2 aromatic rings. The molecule has 5 nitrogen and oxygen atoms in total. The third kappa shape index (κ3) is 1.73. The van der Waals surface area contributed by atoms with E-state index in [9.17, 15) is 4.79 Å². The number of aryl methyl sites for hydroxylation is 1. The molecule has 2 rings (SSSR count). The number of fused-ring (bicyclic) bond motifs is 1. The van der Waals surface area contributed by atoms with Gasteiger partial charge in [-0.3, -0.25) is 4.79 Å². The number of aromatic amines is 1. The van der Waals surface area contributed by atoms with Gasteiger partial charge in [-0.2, -0.15) is 5.10 Å². The zero-order valence-corrected chi connectivity index (χ0v) is 8.32. The van der Waals surface area contributed by atoms with Crippen molar-refractivity contribution in [3.63, 3.8) is 0 Å². The van der Waals surface area contributed by atoms with Gasteiger partial charge in [0.1, 0.15) is 5.52 Å². The van der Waals surface area contributed by atoms with Crippen LogP contribution in [0.4, 0.5) is 0 Å². The molecule has 78 valence electrons. The number of aliphatic hydroxyl groups is 1. The molecule has 0 spiro atoms. The average Bonchev–Trinajstić information content (AvgIpc) is 2.27. The summed E-state index contributed by atoms with van der Waals surface area (Å²) in [6.07, 6.45) is 0.661. The van der Waals surface area contributed by atoms with Gasteiger partial charge in [-0.25, -0.2) is 0 Å². The number of nitrogens with one attached hydrogen (secondary N) is 1. The maximum Gasteiger partial charge on any atom is 0.251 e. The molecule has 2 aromatic heterocycles. The van der Waals surface area contributed by atoms with Crippen LogP contribution in [0.25, 0.3) is 11.0 Å². The first-order chi connectivity index (χ1) is 7.24. The van der Waals surface area contributed by atoms with E-state index in [0.717, 1.165) is 0 Å². The van der Waals surface area contributed by atoms with Gasteiger partial charge in [0.2, 0.25) is 0 Å². The third-order valence-electron chi connectivity index (χ3n) is 2.27. The minimum absolute atomic E-state index is 0.109. The summed E-state index contributed by atoms with van der Waals surface area (Å²) < 4.78 is 0. The van der Waals surface area contributed by atoms with Gasteiger partial charge in [0.15, 0.2) is 0 Å². The highest BCUT2D eigenvalue weighted by atomic mass is 16.3. The van der Waals surface area contributed by atoms with Crippen LogP contribution in [0.3, 0.4) is 0 Å². The van der Waals surface area contributed by atoms with Crippen LogP contribution in [0.5, 0.6) is 0 Å². The maximum absolute atomic E-state index is 11.5. The molecule has 0 saturated heterocycles. The largest absolute Gasteiger partial charge is 0.390 e. The van der Waals surface area contributed by atoms with Gasteiger partial charge >= 0.3 is 0 Å². The van der Waals surface area contributed by atoms with Gasteiger partial charge in [0.25, 0.3) is 5.56 Å². The van der Waals surface area contributed by atoms with E-state index in [1.54, 1.807) is 12.1 Å². The second kappa shape index (κ2) is 3.78. The maximum atomic E-state index is 11.5. The fourth-order valence-corrected chi connectivity index (χ4v) is 1.42. The number of hydrogen-bond donors (Lipinski definition) is 2. The summed E-state index contributed by atoms with van der Waals surface area (Å²) >= 11 is 0. The van der Waals surface area contributed by atoms with Crippen molar-refractivity contribution in [2.75, 3.05) is 0 Å². The van der Waals surface area contributed by atoms with Crippen molar-refractivity contribution in [1.29, 1.82) is 0 Å². The van der Waals surface area contributed by atoms with E-state index in [1.807, 2.05) is 6.92 Å². The number of rotatable bonds is 2. The molecular weight excluding hydrogens is 194 g/mol. The molecule has 0 aromatic carbocycles. The first kappa shape index (κ1) is 9.79. The Hall–Kier alpha value is -1.75. The lowest BCUT2D eigenvalue weighted by atomic mass is 10.2. The normalized spacial score (nSPS) is 10.8. The molecule has 0 aliphatic heterocycles. The lowest BCUT2D eigenvalue weighted by Crippen LogP contribution is -2.12. The first-order valence-electron chi connectivity index (χ1n) is 4.74. The van der Waals surface area contributed by atoms with E-state index in [1.165, 1.54) is 0 Å². The molecule has 0 unspecified atom stereocenters. The van der Waals surface area contributed by atoms with Crippen molar-refractivity contribution in [3.05, 3.63) is 33.7 Å². The van der Waals surface area contributed by atoms with Gasteiger partial charge in [0, 0.05) is 5.56 Å². The Morgan fingerprint density at radius 2 is 2.20 bits per heavy atom. The van der Waals surface area contributed by atoms with Crippen molar-refractivity contribution >= 4 is 11.0 Å². The number of pyridine rings is 1. The highest BCUT2D eigenvalue weighted by molar-refractivity contribution is 5.73. The van der Waals surface area contributed by atoms with Crippen molar-refractivity contribution in [3.8, 4) is 0 Å². The van der Waals surface area contributed by atoms with E-state index in [-0.39, 0.29) is 12.2 Å². The van der Waals surface area contributed by atoms with Crippen LogP contribution in [-0.2, 0) is 13.0 Å². The average molecular weight is 205 g/mol. The number of aliphatic hydroxyl groups excluding tert-OH is 1. The highest BCUT2D eigenvalue weighted by Crippen LogP contribution is 2.08. The Kier molecular flexibility index (Phi) is 2.47. The monoisotopic (exact) mass is 205 g/mol. The number of aromatic nitrogens is 3. The van der Waals surface area contributed by atoms with Crippen LogP contribution in [-0.4, -0.2) is 20.3 Å². The molecule has 0 atom stereocenters. The lowest BCUT2D eigenvalue weighted by Gasteiger charge is -2.00. The van der Waals surface area contributed by atoms with E-state index in [2.05, 4.69) is 15.2 Å². The Morgan fingerprint density at radius 1 is 1.40 bits per heavy atom. The summed E-state index contributed by atoms with van der Waals surface area (Å²) in [6, 6.07) is 3.35. The van der Waals surface area contributed by atoms with E-state index < -0.39 is 0 Å². The van der Waals surface area contributed by atoms with Gasteiger partial charge in [-0.05, 0) is 18.6 Å². The molecule has 0 fully saturated rings. The SMILES string of the molecule is CCc1cc2nnc(CO)cc2[nH]c1=O. The van der Waals surface area contributed by atoms with Crippen LogP contribution < -0.4 is 5.56 Å². The Labute approximate surface area is 85.8 Å². The number of H-pyrrole nitrogens is 1. The van der Waals surface area contributed by atoms with Gasteiger partial charge in [0.05, 0.1) is 17.8 Å². The standard InChI is InChI=1S/C10H11N3O2/c1-2-6-3-9-8(11-10(6)15)4-7(5-14)12-13-9/h3-4,14H,2,5H2,1H3,(H,11,15). The Morgan fingerprint density at radius 3 is 2.87 bits per heavy atom. The topological polar surface area (TPSA) is 78.9 Å². The highest BCUT2D eigenvalue weighted by Gasteiger charge is 2.03. The Bertz CT molecular complexity index is 548. The quantitative estimate of drug-likeness (QED) is 0.742. The van der Waals surface area contributed by atoms with Crippen LogP contribution >= 0.6 is 0 Å². The molecule has 0 bridgehead atoms. The Balaban J connectivity index is 2.70. The van der Waals surface area contributed by atoms with Crippen LogP contribution in [0.1, 0.15) is 18.2 Å². The summed E-state index contributed by atoms with van der Waals surface area (Å²) in [4.78, 5) is 14.2. The molecular formula is C10H11N3O2. The van der Waals surface area contributed by atoms with Crippen LogP contribution in [0.15, 0.2) is 16.9 Å². The molecule has 0 amide bonds. The summed E-state index contributed by atoms with van der Waals surface area (Å²) in [5.74, 6) is 0. The van der Waals surface area contributed by atoms with Gasteiger partial charge in [-0.1, -0.05) is 6.92 Å². The van der Waals surface area contributed by atoms with Crippen LogP contribution in [0.2, 0.25) is 0 Å². The molecule has 5 heteroatoms. The molecule has 15 heavy (non-hydrogen) atoms. The second-order valence-electron chi connectivity index (χ2n) is 3.27. The van der Waals surface area contributed by atoms with Crippen LogP contribution in [0, 0.1) is 0 Å². The summed E-state index contributed by atoms with van der Waals surface area (Å²) in [7, 11) is 0. The lowest BCUT2D eigenvalue weighted by molar-refractivity contribution is 0.275. The molecule has 0 saturated carbocycles. The first-order valence-corrected chi connectivity index (χ1v) is 4.74. The third-order valence-corrected chi connectivity index (χ3v) is 2.27. The summed E-state index contributed by atoms with van der Waals surface area (Å²) in [5, 5.41) is 16.6. The molecule has 0 aliphatic carbocycles. The second-order valence-corrected chi connectivity index (χ2v) is 3.27. The van der Waals surface area contributed by atoms with E-state index >= 15 is 0 Å². The molecule has 2 heterocycles. The van der Waals surface area contributed by atoms with Crippen molar-refractivity contribution in [2.24, 2.45) is 0 Å². The number of nitrogens with zero attached hydrogens (tertiary/aromatic N) is 2. The molecule has 0 aliphatic rings. The zero-order chi connectivity index (χ0) is 10.8. The fraction of sp³-hybridized carbons (Fsp3) is 0.300. The summed E-state index contributed by atoms with van der Waals surface area (Å²) in [6.45, 7) is 1.73. The van der Waals surface area contributed by atoms with Gasteiger partial charge < -0.3 is 10.1 Å². The molecule has 2 N–H and O–H groups in total. The smallest absolute Gasteiger partial charge is 0.251 e. The van der Waals surface area contributed by atoms with E-state index in [0.29, 0.717) is 28.7 Å². The van der Waals surface area contributed by atoms with Crippen molar-refractivity contribution < 1.29 is 5.11 Å². The fourth-order valence-electron chi connectivity index (χ4n) is 1.42. The zero-order valence-electron chi connectivity index (χ0n) is 8.32. The summed E-state index contributed by atoms with van der Waals surface area (Å²) in [5.41, 5.74) is 2.28. The minimum atomic E-state index is -0.180. The van der Waals surface area contributed by atoms with Crippen molar-refractivity contribution in [2.45, 2.75) is 20.0 Å². The minimum Gasteiger partial charge on any atom is -0.390 e. The predicted molar refractivity (Wildman–Crippen MR) is 55.5 cm³/mol. The van der Waals surface area contributed by atoms with Gasteiger partial charge in [-0.15, -0.1) is 5.10 Å². The molecule has 0 radical (unpaired) electrons.